The van der Waals surface area contributed by atoms with Crippen LogP contribution in [0.15, 0.2) is 55.1 Å². The van der Waals surface area contributed by atoms with Gasteiger partial charge in [0, 0.05) is 53.6 Å². The van der Waals surface area contributed by atoms with E-state index in [1.54, 1.807) is 13.8 Å². The van der Waals surface area contributed by atoms with Crippen LogP contribution in [0, 0.1) is 11.3 Å². The molecule has 1 saturated carbocycles. The number of benzene rings is 2. The van der Waals surface area contributed by atoms with Crippen molar-refractivity contribution in [3.8, 4) is 16.9 Å². The average molecular weight is 774 g/mol. The van der Waals surface area contributed by atoms with Gasteiger partial charge in [-0.05, 0) is 87.6 Å². The molecule has 16 heteroatoms. The molecule has 4 N–H and O–H groups in total. The summed E-state index contributed by atoms with van der Waals surface area (Å²) in [6.45, 7) is 11.6. The minimum Gasteiger partial charge on any atom is -0.496 e. The molecule has 0 radical (unpaired) electrons. The Hall–Kier alpha value is -6.29. The topological polar surface area (TPSA) is 214 Å². The lowest BCUT2D eigenvalue weighted by molar-refractivity contribution is -0.0868. The molecule has 1 heterocycles. The predicted octanol–water partition coefficient (Wildman–Crippen LogP) is 6.33. The fourth-order valence-electron chi connectivity index (χ4n) is 5.11. The van der Waals surface area contributed by atoms with E-state index in [4.69, 9.17) is 33.8 Å². The second-order valence-corrected chi connectivity index (χ2v) is 12.9. The number of hydrogen-bond donors (Lipinski definition) is 4. The maximum Gasteiger partial charge on any atom is 0.511 e. The number of esters is 1. The van der Waals surface area contributed by atoms with Crippen LogP contribution in [0.1, 0.15) is 89.4 Å². The lowest BCUT2D eigenvalue weighted by Gasteiger charge is -2.18. The van der Waals surface area contributed by atoms with Crippen LogP contribution in [0.3, 0.4) is 0 Å². The van der Waals surface area contributed by atoms with Gasteiger partial charge in [-0.2, -0.15) is 0 Å². The lowest BCUT2D eigenvalue weighted by Crippen LogP contribution is -2.31. The minimum atomic E-state index is -1.41. The summed E-state index contributed by atoms with van der Waals surface area (Å²) in [4.78, 5) is 69.4. The summed E-state index contributed by atoms with van der Waals surface area (Å²) in [5.41, 5.74) is 1.06. The highest BCUT2D eigenvalue weighted by Gasteiger charge is 2.28. The average Bonchev–Trinajstić information content (AvgIpc) is 4.00. The number of nitrogens with one attached hydrogen (secondary N) is 4. The maximum absolute atomic E-state index is 14.0. The number of methoxy groups -OCH3 is 1. The first-order valence-electron chi connectivity index (χ1n) is 18.1. The van der Waals surface area contributed by atoms with Gasteiger partial charge in [-0.3, -0.25) is 20.3 Å². The van der Waals surface area contributed by atoms with E-state index in [0.29, 0.717) is 41.6 Å². The number of anilines is 1. The minimum absolute atomic E-state index is 0.0337. The Bertz CT molecular complexity index is 1930. The van der Waals surface area contributed by atoms with Gasteiger partial charge in [0.15, 0.2) is 5.69 Å². The van der Waals surface area contributed by atoms with Crippen molar-refractivity contribution in [3.05, 3.63) is 83.2 Å². The van der Waals surface area contributed by atoms with E-state index in [0.717, 1.165) is 19.3 Å². The highest BCUT2D eigenvalue weighted by atomic mass is 16.8. The van der Waals surface area contributed by atoms with E-state index in [-0.39, 0.29) is 47.1 Å². The molecule has 2 aromatic carbocycles. The third-order valence-corrected chi connectivity index (χ3v) is 8.03. The highest BCUT2D eigenvalue weighted by Crippen LogP contribution is 2.35. The molecule has 1 aliphatic rings. The molecule has 298 valence electrons. The van der Waals surface area contributed by atoms with Crippen molar-refractivity contribution in [3.63, 3.8) is 0 Å². The van der Waals surface area contributed by atoms with Crippen LogP contribution >= 0.6 is 0 Å². The molecular formula is C40H47N5O11. The number of aromatic nitrogens is 1. The quantitative estimate of drug-likeness (QED) is 0.0279. The Morgan fingerprint density at radius 2 is 1.66 bits per heavy atom. The van der Waals surface area contributed by atoms with Crippen LogP contribution in [0.25, 0.3) is 17.2 Å². The number of carbonyl (C=O) groups is 5. The smallest absolute Gasteiger partial charge is 0.496 e. The molecule has 56 heavy (non-hydrogen) atoms. The highest BCUT2D eigenvalue weighted by molar-refractivity contribution is 6.11. The molecule has 1 fully saturated rings. The summed E-state index contributed by atoms with van der Waals surface area (Å²) < 4.78 is 31.3. The largest absolute Gasteiger partial charge is 0.511 e. The van der Waals surface area contributed by atoms with Crippen molar-refractivity contribution in [1.82, 2.24) is 15.6 Å². The number of ether oxygens (including phenoxy) is 6. The molecule has 1 atom stereocenters. The number of carbonyl (C=O) groups excluding carboxylic acids is 5. The Kier molecular flexibility index (Phi) is 15.5. The zero-order valence-electron chi connectivity index (χ0n) is 32.0. The molecule has 3 amide bonds. The molecule has 3 aromatic rings. The first kappa shape index (κ1) is 42.5. The van der Waals surface area contributed by atoms with Gasteiger partial charge in [-0.1, -0.05) is 19.6 Å². The third-order valence-electron chi connectivity index (χ3n) is 8.03. The number of hydrogen-bond acceptors (Lipinski definition) is 13. The Morgan fingerprint density at radius 1 is 0.929 bits per heavy atom. The fourth-order valence-corrected chi connectivity index (χ4v) is 5.11. The van der Waals surface area contributed by atoms with Gasteiger partial charge in [0.05, 0.1) is 19.8 Å². The summed E-state index contributed by atoms with van der Waals surface area (Å²) in [6.07, 6.45) is 0.583. The van der Waals surface area contributed by atoms with Gasteiger partial charge in [0.25, 0.3) is 11.8 Å². The van der Waals surface area contributed by atoms with Crippen LogP contribution in [0.5, 0.6) is 5.75 Å². The van der Waals surface area contributed by atoms with Gasteiger partial charge in [-0.25, -0.2) is 19.4 Å². The monoisotopic (exact) mass is 773 g/mol. The van der Waals surface area contributed by atoms with Crippen molar-refractivity contribution >= 4 is 47.6 Å². The molecule has 0 spiro atoms. The Balaban J connectivity index is 1.63. The first-order valence-corrected chi connectivity index (χ1v) is 18.1. The molecule has 1 aliphatic carbocycles. The third kappa shape index (κ3) is 12.4. The molecule has 0 bridgehead atoms. The van der Waals surface area contributed by atoms with Crippen molar-refractivity contribution < 1.29 is 52.4 Å². The number of rotatable bonds is 18. The number of nitrogens with zero attached hydrogens (tertiary/aromatic N) is 1. The van der Waals surface area contributed by atoms with E-state index < -0.39 is 42.4 Å². The van der Waals surface area contributed by atoms with E-state index >= 15 is 0 Å². The molecule has 0 aliphatic heterocycles. The zero-order valence-corrected chi connectivity index (χ0v) is 32.0. The second kappa shape index (κ2) is 20.4. The zero-order chi connectivity index (χ0) is 40.8. The number of alkyl carbamates (subject to hydrolysis) is 1. The van der Waals surface area contributed by atoms with E-state index in [2.05, 4.69) is 27.5 Å². The fraction of sp³-hybridized carbons (Fsp3) is 0.375. The van der Waals surface area contributed by atoms with Crippen LogP contribution in [0.4, 0.5) is 15.3 Å². The summed E-state index contributed by atoms with van der Waals surface area (Å²) in [5, 5.41) is 16.2. The van der Waals surface area contributed by atoms with Crippen molar-refractivity contribution in [2.24, 2.45) is 5.92 Å². The van der Waals surface area contributed by atoms with Crippen molar-refractivity contribution in [1.29, 1.82) is 5.41 Å². The van der Waals surface area contributed by atoms with E-state index in [9.17, 15) is 24.0 Å². The summed E-state index contributed by atoms with van der Waals surface area (Å²) in [7, 11) is 1.43. The molecule has 16 nitrogen and oxygen atoms in total. The van der Waals surface area contributed by atoms with Crippen LogP contribution in [-0.2, 0) is 23.7 Å². The molecule has 4 rings (SSSR count). The summed E-state index contributed by atoms with van der Waals surface area (Å²) in [5.74, 6) is -1.70. The molecule has 1 unspecified atom stereocenters. The van der Waals surface area contributed by atoms with Crippen LogP contribution in [0.2, 0.25) is 0 Å². The van der Waals surface area contributed by atoms with E-state index in [1.165, 1.54) is 68.6 Å². The Labute approximate surface area is 324 Å². The number of pyridine rings is 1. The van der Waals surface area contributed by atoms with Gasteiger partial charge in [0.2, 0.25) is 6.29 Å². The SMILES string of the molecule is C=Cc1cc(C(=O)Nc2ccc(C(=N)NC(=O)OCCOCCC)cc2)c(-c2ccc(C(=O)NCC3CC3)nc2C(=O)OC(C)OC(=O)OC(C)C)cc1OC. The molecule has 1 aromatic heterocycles. The van der Waals surface area contributed by atoms with Crippen molar-refractivity contribution in [2.45, 2.75) is 59.4 Å². The lowest BCUT2D eigenvalue weighted by atomic mass is 9.94. The normalized spacial score (nSPS) is 12.5. The summed E-state index contributed by atoms with van der Waals surface area (Å²) in [6, 6.07) is 12.0. The van der Waals surface area contributed by atoms with Crippen LogP contribution < -0.4 is 20.7 Å². The first-order chi connectivity index (χ1) is 26.8. The van der Waals surface area contributed by atoms with Crippen LogP contribution in [-0.4, -0.2) is 86.7 Å². The Morgan fingerprint density at radius 3 is 2.30 bits per heavy atom. The van der Waals surface area contributed by atoms with Crippen molar-refractivity contribution in [2.75, 3.05) is 38.8 Å². The van der Waals surface area contributed by atoms with Gasteiger partial charge in [-0.15, -0.1) is 0 Å². The number of amides is 3. The second-order valence-electron chi connectivity index (χ2n) is 12.9. The summed E-state index contributed by atoms with van der Waals surface area (Å²) >= 11 is 0. The van der Waals surface area contributed by atoms with Gasteiger partial charge >= 0.3 is 18.2 Å². The predicted molar refractivity (Wildman–Crippen MR) is 206 cm³/mol. The maximum atomic E-state index is 14.0. The molecular weight excluding hydrogens is 726 g/mol. The van der Waals surface area contributed by atoms with Gasteiger partial charge < -0.3 is 39.1 Å². The number of amidine groups is 1. The van der Waals surface area contributed by atoms with E-state index in [1.807, 2.05) is 6.92 Å². The molecule has 0 saturated heterocycles. The standard InChI is InChI=1S/C40H47N5O11/c1-7-17-52-18-19-53-39(49)45-35(41)27-11-13-28(14-12-27)43-36(46)31-20-26(8-2)33(51-6)21-30(31)29-15-16-32(37(47)42-22-25-9-10-25)44-34(29)38(48)55-24(5)56-40(50)54-23(3)4/h8,11-16,20-21,23-25H,2,7,9-10,17-19,22H2,1,3-6H3,(H,42,47)(H,43,46)(H2,41,45,49). The van der Waals surface area contributed by atoms with Gasteiger partial charge in [0.1, 0.15) is 23.9 Å².